The lowest BCUT2D eigenvalue weighted by Crippen LogP contribution is -2.02. The zero-order valence-corrected chi connectivity index (χ0v) is 9.22. The summed E-state index contributed by atoms with van der Waals surface area (Å²) in [7, 11) is 0. The third-order valence-electron chi connectivity index (χ3n) is 2.55. The Labute approximate surface area is 94.3 Å². The summed E-state index contributed by atoms with van der Waals surface area (Å²) in [5.74, 6) is 0.254. The van der Waals surface area contributed by atoms with Gasteiger partial charge in [-0.15, -0.1) is 0 Å². The molecule has 84 valence electrons. The monoisotopic (exact) mass is 217 g/mol. The molecule has 0 saturated heterocycles. The third-order valence-corrected chi connectivity index (χ3v) is 2.55. The van der Waals surface area contributed by atoms with Crippen LogP contribution in [0.1, 0.15) is 12.5 Å². The smallest absolute Gasteiger partial charge is 0.116 e. The van der Waals surface area contributed by atoms with Crippen LogP contribution in [0.4, 0.5) is 0 Å². The Balaban J connectivity index is 2.57. The number of aromatic nitrogens is 2. The summed E-state index contributed by atoms with van der Waals surface area (Å²) in [6.07, 6.45) is 1.78. The first-order valence-corrected chi connectivity index (χ1v) is 5.30. The molecule has 0 bridgehead atoms. The van der Waals surface area contributed by atoms with Crippen molar-refractivity contribution < 1.29 is 5.11 Å². The third kappa shape index (κ3) is 1.79. The van der Waals surface area contributed by atoms with Crippen LogP contribution in [-0.4, -0.2) is 14.9 Å². The van der Waals surface area contributed by atoms with Gasteiger partial charge in [0.05, 0.1) is 11.9 Å². The second kappa shape index (κ2) is 4.37. The first kappa shape index (κ1) is 10.7. The molecule has 2 aromatic rings. The number of aryl methyl sites for hydroxylation is 1. The SMILES string of the molecule is CCn1ncc(CN)c1-c1cccc(O)c1. The molecule has 0 amide bonds. The van der Waals surface area contributed by atoms with Gasteiger partial charge in [0.25, 0.3) is 0 Å². The van der Waals surface area contributed by atoms with E-state index in [2.05, 4.69) is 5.10 Å². The summed E-state index contributed by atoms with van der Waals surface area (Å²) in [6.45, 7) is 3.26. The molecular weight excluding hydrogens is 202 g/mol. The van der Waals surface area contributed by atoms with E-state index in [1.165, 1.54) is 0 Å². The lowest BCUT2D eigenvalue weighted by molar-refractivity contribution is 0.475. The summed E-state index contributed by atoms with van der Waals surface area (Å²) >= 11 is 0. The van der Waals surface area contributed by atoms with Crippen LogP contribution < -0.4 is 5.73 Å². The molecule has 1 aromatic carbocycles. The van der Waals surface area contributed by atoms with Crippen molar-refractivity contribution >= 4 is 0 Å². The highest BCUT2D eigenvalue weighted by Gasteiger charge is 2.11. The Morgan fingerprint density at radius 1 is 1.44 bits per heavy atom. The van der Waals surface area contributed by atoms with Crippen molar-refractivity contribution in [2.24, 2.45) is 5.73 Å². The second-order valence-electron chi connectivity index (χ2n) is 3.59. The van der Waals surface area contributed by atoms with Crippen molar-refractivity contribution in [1.82, 2.24) is 9.78 Å². The molecule has 16 heavy (non-hydrogen) atoms. The summed E-state index contributed by atoms with van der Waals surface area (Å²) in [5, 5.41) is 13.7. The van der Waals surface area contributed by atoms with Crippen molar-refractivity contribution in [2.75, 3.05) is 0 Å². The van der Waals surface area contributed by atoms with Crippen LogP contribution in [0.5, 0.6) is 5.75 Å². The van der Waals surface area contributed by atoms with E-state index in [0.29, 0.717) is 6.54 Å². The number of phenolic OH excluding ortho intramolecular Hbond substituents is 1. The fourth-order valence-corrected chi connectivity index (χ4v) is 1.80. The molecule has 1 aromatic heterocycles. The zero-order chi connectivity index (χ0) is 11.5. The minimum absolute atomic E-state index is 0.254. The van der Waals surface area contributed by atoms with E-state index in [9.17, 15) is 5.11 Å². The van der Waals surface area contributed by atoms with Gasteiger partial charge < -0.3 is 10.8 Å². The first-order valence-electron chi connectivity index (χ1n) is 5.30. The van der Waals surface area contributed by atoms with Gasteiger partial charge >= 0.3 is 0 Å². The van der Waals surface area contributed by atoms with Gasteiger partial charge in [0, 0.05) is 24.2 Å². The number of benzene rings is 1. The van der Waals surface area contributed by atoms with Gasteiger partial charge in [-0.05, 0) is 19.1 Å². The van der Waals surface area contributed by atoms with Crippen molar-refractivity contribution in [2.45, 2.75) is 20.0 Å². The highest BCUT2D eigenvalue weighted by molar-refractivity contribution is 5.64. The van der Waals surface area contributed by atoms with E-state index in [1.54, 1.807) is 18.3 Å². The molecule has 0 radical (unpaired) electrons. The summed E-state index contributed by atoms with van der Waals surface area (Å²) in [6, 6.07) is 7.14. The average Bonchev–Trinajstić information content (AvgIpc) is 2.71. The standard InChI is InChI=1S/C12H15N3O/c1-2-15-12(10(7-13)8-14-15)9-4-3-5-11(16)6-9/h3-6,8,16H,2,7,13H2,1H3. The molecule has 0 atom stereocenters. The molecule has 4 nitrogen and oxygen atoms in total. The second-order valence-corrected chi connectivity index (χ2v) is 3.59. The average molecular weight is 217 g/mol. The summed E-state index contributed by atoms with van der Waals surface area (Å²) in [4.78, 5) is 0. The van der Waals surface area contributed by atoms with Crippen LogP contribution in [0.25, 0.3) is 11.3 Å². The zero-order valence-electron chi connectivity index (χ0n) is 9.22. The van der Waals surface area contributed by atoms with E-state index < -0.39 is 0 Å². The quantitative estimate of drug-likeness (QED) is 0.823. The van der Waals surface area contributed by atoms with E-state index >= 15 is 0 Å². The Hall–Kier alpha value is -1.81. The molecule has 2 rings (SSSR count). The normalized spacial score (nSPS) is 10.6. The van der Waals surface area contributed by atoms with Gasteiger partial charge in [-0.25, -0.2) is 0 Å². The van der Waals surface area contributed by atoms with Crippen LogP contribution in [0.2, 0.25) is 0 Å². The van der Waals surface area contributed by atoms with E-state index in [-0.39, 0.29) is 5.75 Å². The van der Waals surface area contributed by atoms with Crippen molar-refractivity contribution in [1.29, 1.82) is 0 Å². The number of phenols is 1. The number of nitrogens with zero attached hydrogens (tertiary/aromatic N) is 2. The van der Waals surface area contributed by atoms with Gasteiger partial charge in [0.15, 0.2) is 0 Å². The summed E-state index contributed by atoms with van der Waals surface area (Å²) < 4.78 is 1.89. The summed E-state index contributed by atoms with van der Waals surface area (Å²) in [5.41, 5.74) is 8.60. The van der Waals surface area contributed by atoms with E-state index in [0.717, 1.165) is 23.4 Å². The Morgan fingerprint density at radius 3 is 2.88 bits per heavy atom. The fraction of sp³-hybridized carbons (Fsp3) is 0.250. The minimum Gasteiger partial charge on any atom is -0.508 e. The Kier molecular flexibility index (Phi) is 2.92. The minimum atomic E-state index is 0.254. The first-order chi connectivity index (χ1) is 7.76. The van der Waals surface area contributed by atoms with Gasteiger partial charge in [0.2, 0.25) is 0 Å². The predicted molar refractivity (Wildman–Crippen MR) is 62.9 cm³/mol. The molecule has 0 fully saturated rings. The maximum absolute atomic E-state index is 9.48. The van der Waals surface area contributed by atoms with Crippen molar-refractivity contribution in [3.63, 3.8) is 0 Å². The highest BCUT2D eigenvalue weighted by Crippen LogP contribution is 2.26. The van der Waals surface area contributed by atoms with Crippen LogP contribution >= 0.6 is 0 Å². The largest absolute Gasteiger partial charge is 0.508 e. The molecule has 4 heteroatoms. The molecule has 0 unspecified atom stereocenters. The van der Waals surface area contributed by atoms with Crippen LogP contribution in [-0.2, 0) is 13.1 Å². The maximum Gasteiger partial charge on any atom is 0.116 e. The number of nitrogens with two attached hydrogens (primary N) is 1. The Morgan fingerprint density at radius 2 is 2.25 bits per heavy atom. The predicted octanol–water partition coefficient (Wildman–Crippen LogP) is 1.73. The fourth-order valence-electron chi connectivity index (χ4n) is 1.80. The topological polar surface area (TPSA) is 64.1 Å². The highest BCUT2D eigenvalue weighted by atomic mass is 16.3. The number of hydrogen-bond acceptors (Lipinski definition) is 3. The molecule has 0 aliphatic rings. The lowest BCUT2D eigenvalue weighted by Gasteiger charge is -2.07. The number of aromatic hydroxyl groups is 1. The van der Waals surface area contributed by atoms with Gasteiger partial charge in [-0.2, -0.15) is 5.10 Å². The van der Waals surface area contributed by atoms with Crippen LogP contribution in [0.3, 0.4) is 0 Å². The van der Waals surface area contributed by atoms with Crippen LogP contribution in [0.15, 0.2) is 30.5 Å². The van der Waals surface area contributed by atoms with E-state index in [4.69, 9.17) is 5.73 Å². The molecule has 0 aliphatic carbocycles. The maximum atomic E-state index is 9.48. The van der Waals surface area contributed by atoms with E-state index in [1.807, 2.05) is 23.7 Å². The van der Waals surface area contributed by atoms with Crippen molar-refractivity contribution in [3.05, 3.63) is 36.0 Å². The number of rotatable bonds is 3. The molecule has 1 heterocycles. The van der Waals surface area contributed by atoms with Gasteiger partial charge in [-0.1, -0.05) is 12.1 Å². The molecule has 0 aliphatic heterocycles. The Bertz CT molecular complexity index is 469. The molecule has 0 spiro atoms. The molecular formula is C12H15N3O. The van der Waals surface area contributed by atoms with Gasteiger partial charge in [-0.3, -0.25) is 4.68 Å². The van der Waals surface area contributed by atoms with Crippen LogP contribution in [0, 0.1) is 0 Å². The molecule has 3 N–H and O–H groups in total. The van der Waals surface area contributed by atoms with Gasteiger partial charge in [0.1, 0.15) is 5.75 Å². The molecule has 0 saturated carbocycles. The number of hydrogen-bond donors (Lipinski definition) is 2. The van der Waals surface area contributed by atoms with Crippen molar-refractivity contribution in [3.8, 4) is 17.0 Å². The lowest BCUT2D eigenvalue weighted by atomic mass is 10.1.